The molecule has 0 N–H and O–H groups in total. The van der Waals surface area contributed by atoms with E-state index in [1.165, 1.54) is 26.2 Å². The SMILES string of the molecule is COc1cc(/C=C/c2ccc3cccc(OC(C)=O)c3n2)cc([N+](=O)[O-])c1OC(C)=O. The third-order valence-electron chi connectivity index (χ3n) is 4.12. The van der Waals surface area contributed by atoms with Crippen molar-refractivity contribution in [2.24, 2.45) is 0 Å². The van der Waals surface area contributed by atoms with Crippen molar-refractivity contribution < 1.29 is 28.7 Å². The van der Waals surface area contributed by atoms with Crippen molar-refractivity contribution in [1.29, 1.82) is 0 Å². The van der Waals surface area contributed by atoms with Crippen LogP contribution in [0, 0.1) is 10.1 Å². The minimum atomic E-state index is -0.700. The number of carbonyl (C=O) groups excluding carboxylic acids is 2. The number of methoxy groups -OCH3 is 1. The van der Waals surface area contributed by atoms with Gasteiger partial charge in [-0.05, 0) is 29.8 Å². The Morgan fingerprint density at radius 2 is 1.74 bits per heavy atom. The minimum Gasteiger partial charge on any atom is -0.493 e. The predicted octanol–water partition coefficient (Wildman–Crippen LogP) is 4.17. The number of pyridine rings is 1. The molecule has 3 rings (SSSR count). The molecule has 0 radical (unpaired) electrons. The number of rotatable bonds is 6. The first-order valence-electron chi connectivity index (χ1n) is 9.09. The van der Waals surface area contributed by atoms with Crippen LogP contribution in [-0.4, -0.2) is 29.0 Å². The third kappa shape index (κ3) is 5.02. The topological polar surface area (TPSA) is 118 Å². The molecule has 0 aliphatic carbocycles. The largest absolute Gasteiger partial charge is 0.493 e. The molecule has 1 aromatic heterocycles. The van der Waals surface area contributed by atoms with Gasteiger partial charge < -0.3 is 14.2 Å². The van der Waals surface area contributed by atoms with Crippen molar-refractivity contribution in [3.05, 3.63) is 63.8 Å². The molecule has 158 valence electrons. The lowest BCUT2D eigenvalue weighted by Crippen LogP contribution is -2.06. The molecule has 0 spiro atoms. The van der Waals surface area contributed by atoms with Crippen molar-refractivity contribution >= 4 is 40.7 Å². The van der Waals surface area contributed by atoms with E-state index in [1.54, 1.807) is 30.4 Å². The number of aromatic nitrogens is 1. The summed E-state index contributed by atoms with van der Waals surface area (Å²) in [4.78, 5) is 37.9. The smallest absolute Gasteiger partial charge is 0.316 e. The summed E-state index contributed by atoms with van der Waals surface area (Å²) in [5.41, 5.74) is 1.08. The molecular weight excluding hydrogens is 404 g/mol. The second kappa shape index (κ2) is 9.04. The molecular formula is C22H18N2O7. The molecule has 2 aromatic carbocycles. The van der Waals surface area contributed by atoms with Gasteiger partial charge in [-0.25, -0.2) is 4.98 Å². The van der Waals surface area contributed by atoms with Crippen LogP contribution in [0.25, 0.3) is 23.1 Å². The van der Waals surface area contributed by atoms with E-state index >= 15 is 0 Å². The number of carbonyl (C=O) groups is 2. The summed E-state index contributed by atoms with van der Waals surface area (Å²) in [5.74, 6) is -1.03. The van der Waals surface area contributed by atoms with Crippen LogP contribution in [0.5, 0.6) is 17.2 Å². The molecule has 0 bridgehead atoms. The molecule has 0 saturated carbocycles. The van der Waals surface area contributed by atoms with Crippen LogP contribution in [0.2, 0.25) is 0 Å². The molecule has 0 atom stereocenters. The molecule has 0 aliphatic heterocycles. The Hall–Kier alpha value is -4.27. The van der Waals surface area contributed by atoms with Gasteiger partial charge in [0.25, 0.3) is 0 Å². The summed E-state index contributed by atoms with van der Waals surface area (Å²) in [6.07, 6.45) is 3.25. The Bertz CT molecular complexity index is 1220. The van der Waals surface area contributed by atoms with Crippen molar-refractivity contribution in [3.8, 4) is 17.2 Å². The fourth-order valence-corrected chi connectivity index (χ4v) is 2.88. The van der Waals surface area contributed by atoms with Gasteiger partial charge >= 0.3 is 17.6 Å². The van der Waals surface area contributed by atoms with Gasteiger partial charge in [-0.3, -0.25) is 19.7 Å². The number of benzene rings is 2. The molecule has 9 heteroatoms. The lowest BCUT2D eigenvalue weighted by atomic mass is 10.1. The standard InChI is InChI=1S/C22H18N2O7/c1-13(25)30-19-6-4-5-16-8-10-17(23-21(16)19)9-7-15-11-18(24(27)28)22(31-14(2)26)20(12-15)29-3/h4-12H,1-3H3/b9-7+. The first kappa shape index (κ1) is 21.4. The molecule has 0 unspecified atom stereocenters. The number of nitro benzene ring substituents is 1. The maximum absolute atomic E-state index is 11.5. The molecule has 31 heavy (non-hydrogen) atoms. The lowest BCUT2D eigenvalue weighted by molar-refractivity contribution is -0.385. The molecule has 1 heterocycles. The monoisotopic (exact) mass is 422 g/mol. The molecule has 3 aromatic rings. The summed E-state index contributed by atoms with van der Waals surface area (Å²) in [6.45, 7) is 2.45. The van der Waals surface area contributed by atoms with Crippen LogP contribution in [-0.2, 0) is 9.59 Å². The molecule has 0 aliphatic rings. The Morgan fingerprint density at radius 1 is 1.00 bits per heavy atom. The van der Waals surface area contributed by atoms with Gasteiger partial charge in [0, 0.05) is 25.3 Å². The van der Waals surface area contributed by atoms with Gasteiger partial charge in [0.2, 0.25) is 5.75 Å². The number of nitrogens with zero attached hydrogens (tertiary/aromatic N) is 2. The predicted molar refractivity (Wildman–Crippen MR) is 113 cm³/mol. The van der Waals surface area contributed by atoms with E-state index in [4.69, 9.17) is 14.2 Å². The lowest BCUT2D eigenvalue weighted by Gasteiger charge is -2.09. The number of para-hydroxylation sites is 1. The zero-order valence-electron chi connectivity index (χ0n) is 16.9. The summed E-state index contributed by atoms with van der Waals surface area (Å²) in [7, 11) is 1.32. The van der Waals surface area contributed by atoms with Crippen molar-refractivity contribution in [2.75, 3.05) is 7.11 Å². The number of fused-ring (bicyclic) bond motifs is 1. The van der Waals surface area contributed by atoms with Crippen molar-refractivity contribution in [1.82, 2.24) is 4.98 Å². The summed E-state index contributed by atoms with van der Waals surface area (Å²) in [6, 6.07) is 11.6. The maximum atomic E-state index is 11.5. The second-order valence-corrected chi connectivity index (χ2v) is 6.41. The van der Waals surface area contributed by atoms with Crippen molar-refractivity contribution in [2.45, 2.75) is 13.8 Å². The Labute approximate surface area is 177 Å². The Morgan fingerprint density at radius 3 is 2.39 bits per heavy atom. The van der Waals surface area contributed by atoms with E-state index in [1.807, 2.05) is 12.1 Å². The van der Waals surface area contributed by atoms with Gasteiger partial charge in [-0.2, -0.15) is 0 Å². The van der Waals surface area contributed by atoms with Gasteiger partial charge in [0.1, 0.15) is 5.52 Å². The van der Waals surface area contributed by atoms with E-state index in [0.29, 0.717) is 22.5 Å². The number of hydrogen-bond acceptors (Lipinski definition) is 8. The molecule has 0 fully saturated rings. The first-order chi connectivity index (χ1) is 14.8. The maximum Gasteiger partial charge on any atom is 0.316 e. The fraction of sp³-hybridized carbons (Fsp3) is 0.136. The highest BCUT2D eigenvalue weighted by atomic mass is 16.6. The van der Waals surface area contributed by atoms with E-state index in [-0.39, 0.29) is 11.5 Å². The van der Waals surface area contributed by atoms with Crippen LogP contribution in [0.1, 0.15) is 25.1 Å². The van der Waals surface area contributed by atoms with Crippen LogP contribution in [0.15, 0.2) is 42.5 Å². The second-order valence-electron chi connectivity index (χ2n) is 6.41. The van der Waals surface area contributed by atoms with Gasteiger partial charge in [0.15, 0.2) is 11.5 Å². The Balaban J connectivity index is 2.02. The van der Waals surface area contributed by atoms with E-state index < -0.39 is 22.5 Å². The summed E-state index contributed by atoms with van der Waals surface area (Å²) >= 11 is 0. The average molecular weight is 422 g/mol. The Kier molecular flexibility index (Phi) is 6.25. The number of hydrogen-bond donors (Lipinski definition) is 0. The molecule has 9 nitrogen and oxygen atoms in total. The van der Waals surface area contributed by atoms with Gasteiger partial charge in [-0.1, -0.05) is 24.3 Å². The summed E-state index contributed by atoms with van der Waals surface area (Å²) in [5, 5.41) is 12.2. The van der Waals surface area contributed by atoms with Gasteiger partial charge in [0.05, 0.1) is 17.7 Å². The number of ether oxygens (including phenoxy) is 3. The highest BCUT2D eigenvalue weighted by molar-refractivity contribution is 5.88. The van der Waals surface area contributed by atoms with E-state index in [9.17, 15) is 19.7 Å². The number of esters is 2. The van der Waals surface area contributed by atoms with Gasteiger partial charge in [-0.15, -0.1) is 0 Å². The number of nitro groups is 1. The quantitative estimate of drug-likeness (QED) is 0.251. The normalized spacial score (nSPS) is 10.8. The average Bonchev–Trinajstić information content (AvgIpc) is 2.72. The highest BCUT2D eigenvalue weighted by Gasteiger charge is 2.23. The fourth-order valence-electron chi connectivity index (χ4n) is 2.88. The highest BCUT2D eigenvalue weighted by Crippen LogP contribution is 2.39. The molecule has 0 saturated heterocycles. The van der Waals surface area contributed by atoms with Crippen LogP contribution in [0.3, 0.4) is 0 Å². The van der Waals surface area contributed by atoms with Crippen LogP contribution >= 0.6 is 0 Å². The van der Waals surface area contributed by atoms with Crippen molar-refractivity contribution in [3.63, 3.8) is 0 Å². The minimum absolute atomic E-state index is 0.0488. The third-order valence-corrected chi connectivity index (χ3v) is 4.12. The first-order valence-corrected chi connectivity index (χ1v) is 9.09. The van der Waals surface area contributed by atoms with Crippen LogP contribution < -0.4 is 14.2 Å². The zero-order chi connectivity index (χ0) is 22.5. The van der Waals surface area contributed by atoms with E-state index in [2.05, 4.69) is 4.98 Å². The zero-order valence-corrected chi connectivity index (χ0v) is 16.9. The molecule has 0 amide bonds. The van der Waals surface area contributed by atoms with E-state index in [0.717, 1.165) is 12.3 Å². The van der Waals surface area contributed by atoms with Crippen LogP contribution in [0.4, 0.5) is 5.69 Å². The summed E-state index contributed by atoms with van der Waals surface area (Å²) < 4.78 is 15.3.